The van der Waals surface area contributed by atoms with Gasteiger partial charge in [-0.25, -0.2) is 4.79 Å². The molecule has 7 heteroatoms. The van der Waals surface area contributed by atoms with Crippen LogP contribution in [0.25, 0.3) is 0 Å². The Balaban J connectivity index is 1.69. The average molecular weight is 424 g/mol. The largest absolute Gasteiger partial charge is 0.496 e. The van der Waals surface area contributed by atoms with Gasteiger partial charge in [0.2, 0.25) is 5.91 Å². The normalized spacial score (nSPS) is 18.7. The Labute approximate surface area is 182 Å². The summed E-state index contributed by atoms with van der Waals surface area (Å²) in [6.07, 6.45) is 0. The van der Waals surface area contributed by atoms with Gasteiger partial charge in [0.25, 0.3) is 5.91 Å². The van der Waals surface area contributed by atoms with Gasteiger partial charge < -0.3 is 15.4 Å². The summed E-state index contributed by atoms with van der Waals surface area (Å²) in [7, 11) is 1.56. The Hall–Kier alpha value is -3.35. The number of nitrogens with zero attached hydrogens (tertiary/aromatic N) is 1. The molecule has 3 rings (SSSR count). The van der Waals surface area contributed by atoms with Crippen LogP contribution in [-0.4, -0.2) is 36.4 Å². The van der Waals surface area contributed by atoms with Gasteiger partial charge in [-0.1, -0.05) is 63.2 Å². The van der Waals surface area contributed by atoms with E-state index in [1.165, 1.54) is 0 Å². The maximum atomic E-state index is 13.1. The molecule has 1 aliphatic heterocycles. The summed E-state index contributed by atoms with van der Waals surface area (Å²) in [5.74, 6) is -0.223. The number of para-hydroxylation sites is 1. The summed E-state index contributed by atoms with van der Waals surface area (Å²) in [5.41, 5.74) is 1.38. The molecule has 4 amide bonds. The van der Waals surface area contributed by atoms with E-state index in [0.29, 0.717) is 11.3 Å². The summed E-state index contributed by atoms with van der Waals surface area (Å²) in [5, 5.41) is 5.48. The second-order valence-electron chi connectivity index (χ2n) is 8.86. The summed E-state index contributed by atoms with van der Waals surface area (Å²) < 4.78 is 5.27. The lowest BCUT2D eigenvalue weighted by Gasteiger charge is -2.24. The van der Waals surface area contributed by atoms with Crippen LogP contribution >= 0.6 is 0 Å². The molecular formula is C24H29N3O4. The first kappa shape index (κ1) is 22.3. The fourth-order valence-electron chi connectivity index (χ4n) is 3.58. The zero-order valence-corrected chi connectivity index (χ0v) is 18.6. The van der Waals surface area contributed by atoms with E-state index in [4.69, 9.17) is 4.74 Å². The van der Waals surface area contributed by atoms with Crippen molar-refractivity contribution in [1.29, 1.82) is 0 Å². The number of hydrogen-bond acceptors (Lipinski definition) is 4. The van der Waals surface area contributed by atoms with Crippen LogP contribution in [0.2, 0.25) is 0 Å². The van der Waals surface area contributed by atoms with E-state index in [0.717, 1.165) is 16.0 Å². The Morgan fingerprint density at radius 1 is 1.10 bits per heavy atom. The van der Waals surface area contributed by atoms with Crippen LogP contribution in [0.1, 0.15) is 44.4 Å². The number of urea groups is 1. The molecule has 164 valence electrons. The van der Waals surface area contributed by atoms with Gasteiger partial charge in [-0.2, -0.15) is 0 Å². The van der Waals surface area contributed by atoms with Gasteiger partial charge in [-0.3, -0.25) is 14.5 Å². The van der Waals surface area contributed by atoms with Crippen LogP contribution in [0.3, 0.4) is 0 Å². The molecule has 0 aliphatic carbocycles. The van der Waals surface area contributed by atoms with Gasteiger partial charge in [0.15, 0.2) is 0 Å². The molecule has 0 saturated carbocycles. The van der Waals surface area contributed by atoms with Crippen molar-refractivity contribution in [2.75, 3.05) is 13.7 Å². The predicted molar refractivity (Wildman–Crippen MR) is 118 cm³/mol. The molecule has 0 radical (unpaired) electrons. The van der Waals surface area contributed by atoms with E-state index >= 15 is 0 Å². The molecule has 0 unspecified atom stereocenters. The van der Waals surface area contributed by atoms with Gasteiger partial charge >= 0.3 is 6.03 Å². The molecule has 2 aromatic carbocycles. The number of ether oxygens (including phenoxy) is 1. The zero-order valence-electron chi connectivity index (χ0n) is 18.6. The highest BCUT2D eigenvalue weighted by atomic mass is 16.5. The highest BCUT2D eigenvalue weighted by molar-refractivity contribution is 6.09. The van der Waals surface area contributed by atoms with Gasteiger partial charge in [0.1, 0.15) is 17.8 Å². The molecule has 0 bridgehead atoms. The van der Waals surface area contributed by atoms with Gasteiger partial charge in [0.05, 0.1) is 7.11 Å². The maximum Gasteiger partial charge on any atom is 0.325 e. The van der Waals surface area contributed by atoms with Gasteiger partial charge in [-0.15, -0.1) is 0 Å². The quantitative estimate of drug-likeness (QED) is 0.699. The summed E-state index contributed by atoms with van der Waals surface area (Å²) >= 11 is 0. The molecular weight excluding hydrogens is 394 g/mol. The first-order chi connectivity index (χ1) is 14.6. The molecule has 0 spiro atoms. The van der Waals surface area contributed by atoms with Crippen molar-refractivity contribution in [3.63, 3.8) is 0 Å². The van der Waals surface area contributed by atoms with Gasteiger partial charge in [-0.05, 0) is 29.5 Å². The van der Waals surface area contributed by atoms with Crippen molar-refractivity contribution < 1.29 is 19.1 Å². The minimum Gasteiger partial charge on any atom is -0.496 e. The smallest absolute Gasteiger partial charge is 0.325 e. The highest BCUT2D eigenvalue weighted by Gasteiger charge is 2.49. The molecule has 2 aromatic rings. The number of carbonyl (C=O) groups excluding carboxylic acids is 3. The van der Waals surface area contributed by atoms with E-state index in [1.807, 2.05) is 42.5 Å². The van der Waals surface area contributed by atoms with Crippen molar-refractivity contribution in [1.82, 2.24) is 15.5 Å². The molecule has 1 atom stereocenters. The lowest BCUT2D eigenvalue weighted by atomic mass is 9.84. The fourth-order valence-corrected chi connectivity index (χ4v) is 3.58. The number of nitrogens with one attached hydrogen (secondary N) is 2. The Morgan fingerprint density at radius 2 is 1.74 bits per heavy atom. The third-order valence-corrected chi connectivity index (χ3v) is 5.57. The van der Waals surface area contributed by atoms with E-state index in [2.05, 4.69) is 31.4 Å². The number of hydrogen-bond donors (Lipinski definition) is 2. The molecule has 2 N–H and O–H groups in total. The molecule has 1 saturated heterocycles. The Bertz CT molecular complexity index is 995. The second kappa shape index (κ2) is 8.41. The van der Waals surface area contributed by atoms with E-state index in [-0.39, 0.29) is 18.5 Å². The number of benzene rings is 2. The molecule has 7 nitrogen and oxygen atoms in total. The van der Waals surface area contributed by atoms with E-state index in [9.17, 15) is 14.4 Å². The average Bonchev–Trinajstić information content (AvgIpc) is 2.96. The molecule has 31 heavy (non-hydrogen) atoms. The SMILES string of the molecule is COc1ccccc1CNC(=O)CN1C(=O)N[C@@](C)(c2ccc(C(C)(C)C)cc2)C1=O. The lowest BCUT2D eigenvalue weighted by Crippen LogP contribution is -2.43. The third-order valence-electron chi connectivity index (χ3n) is 5.57. The lowest BCUT2D eigenvalue weighted by molar-refractivity contribution is -0.134. The van der Waals surface area contributed by atoms with Crippen LogP contribution in [-0.2, 0) is 27.1 Å². The molecule has 1 fully saturated rings. The highest BCUT2D eigenvalue weighted by Crippen LogP contribution is 2.31. The van der Waals surface area contributed by atoms with Crippen molar-refractivity contribution in [3.8, 4) is 5.75 Å². The summed E-state index contributed by atoms with van der Waals surface area (Å²) in [4.78, 5) is 39.0. The summed E-state index contributed by atoms with van der Waals surface area (Å²) in [6, 6.07) is 14.4. The number of rotatable bonds is 6. The van der Waals surface area contributed by atoms with Crippen molar-refractivity contribution in [2.45, 2.75) is 45.2 Å². The van der Waals surface area contributed by atoms with E-state index in [1.54, 1.807) is 20.1 Å². The Kier molecular flexibility index (Phi) is 6.06. The maximum absolute atomic E-state index is 13.1. The zero-order chi connectivity index (χ0) is 22.8. The summed E-state index contributed by atoms with van der Waals surface area (Å²) in [6.45, 7) is 7.87. The standard InChI is InChI=1S/C24H29N3O4/c1-23(2,3)17-10-12-18(13-11-17)24(4)21(29)27(22(30)26-24)15-20(28)25-14-16-8-6-7-9-19(16)31-5/h6-13H,14-15H2,1-5H3,(H,25,28)(H,26,30)/t24-/m0/s1. The number of imide groups is 1. The molecule has 1 aliphatic rings. The first-order valence-corrected chi connectivity index (χ1v) is 10.2. The minimum absolute atomic E-state index is 0.0199. The van der Waals surface area contributed by atoms with Crippen molar-refractivity contribution in [3.05, 3.63) is 65.2 Å². The van der Waals surface area contributed by atoms with Crippen LogP contribution in [0, 0.1) is 0 Å². The van der Waals surface area contributed by atoms with Gasteiger partial charge in [0, 0.05) is 12.1 Å². The van der Waals surface area contributed by atoms with Crippen LogP contribution in [0.15, 0.2) is 48.5 Å². The minimum atomic E-state index is -1.21. The van der Waals surface area contributed by atoms with Crippen LogP contribution in [0.5, 0.6) is 5.75 Å². The second-order valence-corrected chi connectivity index (χ2v) is 8.86. The first-order valence-electron chi connectivity index (χ1n) is 10.2. The van der Waals surface area contributed by atoms with Crippen molar-refractivity contribution in [2.24, 2.45) is 0 Å². The fraction of sp³-hybridized carbons (Fsp3) is 0.375. The van der Waals surface area contributed by atoms with Crippen LogP contribution < -0.4 is 15.4 Å². The monoisotopic (exact) mass is 423 g/mol. The van der Waals surface area contributed by atoms with E-state index < -0.39 is 23.4 Å². The number of methoxy groups -OCH3 is 1. The molecule has 1 heterocycles. The topological polar surface area (TPSA) is 87.7 Å². The number of carbonyl (C=O) groups is 3. The predicted octanol–water partition coefficient (Wildman–Crippen LogP) is 3.08. The number of amides is 4. The van der Waals surface area contributed by atoms with Crippen LogP contribution in [0.4, 0.5) is 4.79 Å². The van der Waals surface area contributed by atoms with Crippen molar-refractivity contribution >= 4 is 17.8 Å². The Morgan fingerprint density at radius 3 is 2.35 bits per heavy atom. The third kappa shape index (κ3) is 4.55. The molecule has 0 aromatic heterocycles.